The molecule has 0 bridgehead atoms. The van der Waals surface area contributed by atoms with Gasteiger partial charge < -0.3 is 10.5 Å². The number of halogens is 1. The molecule has 0 fully saturated rings. The van der Waals surface area contributed by atoms with Crippen molar-refractivity contribution in [3.63, 3.8) is 0 Å². The molecule has 0 radical (unpaired) electrons. The molecule has 0 aromatic heterocycles. The Bertz CT molecular complexity index is 473. The molecule has 1 atom stereocenters. The largest absolute Gasteiger partial charge is 0.496 e. The minimum atomic E-state index is 0. The molecule has 2 aromatic carbocycles. The predicted octanol–water partition coefficient (Wildman–Crippen LogP) is 3.36. The summed E-state index contributed by atoms with van der Waals surface area (Å²) in [6.45, 7) is 0. The fourth-order valence-electron chi connectivity index (χ4n) is 1.93. The lowest BCUT2D eigenvalue weighted by molar-refractivity contribution is 0.408. The fraction of sp³-hybridized carbons (Fsp3) is 0.200. The second-order valence-corrected chi connectivity index (χ2v) is 4.03. The monoisotopic (exact) mass is 263 g/mol. The van der Waals surface area contributed by atoms with Gasteiger partial charge in [-0.3, -0.25) is 0 Å². The number of para-hydroxylation sites is 1. The predicted molar refractivity (Wildman–Crippen MR) is 77.3 cm³/mol. The lowest BCUT2D eigenvalue weighted by Crippen LogP contribution is -2.13. The van der Waals surface area contributed by atoms with E-state index in [-0.39, 0.29) is 18.4 Å². The van der Waals surface area contributed by atoms with Gasteiger partial charge in [-0.15, -0.1) is 12.4 Å². The SMILES string of the molecule is COc1ccccc1CC(N)c1ccccc1.Cl. The quantitative estimate of drug-likeness (QED) is 0.918. The molecule has 96 valence electrons. The number of hydrogen-bond donors (Lipinski definition) is 1. The van der Waals surface area contributed by atoms with Crippen molar-refractivity contribution in [2.75, 3.05) is 7.11 Å². The molecule has 0 aliphatic rings. The van der Waals surface area contributed by atoms with Gasteiger partial charge in [-0.25, -0.2) is 0 Å². The van der Waals surface area contributed by atoms with Crippen LogP contribution in [-0.2, 0) is 6.42 Å². The van der Waals surface area contributed by atoms with Crippen LogP contribution in [0.25, 0.3) is 0 Å². The van der Waals surface area contributed by atoms with Gasteiger partial charge in [0.15, 0.2) is 0 Å². The number of benzene rings is 2. The summed E-state index contributed by atoms with van der Waals surface area (Å²) in [5.41, 5.74) is 8.49. The topological polar surface area (TPSA) is 35.2 Å². The van der Waals surface area contributed by atoms with Crippen molar-refractivity contribution in [3.8, 4) is 5.75 Å². The molecule has 18 heavy (non-hydrogen) atoms. The molecule has 2 nitrogen and oxygen atoms in total. The standard InChI is InChI=1S/C15H17NO.ClH/c1-17-15-10-6-5-9-13(15)11-14(16)12-7-3-2-4-8-12;/h2-10,14H,11,16H2,1H3;1H. The summed E-state index contributed by atoms with van der Waals surface area (Å²) in [5.74, 6) is 0.902. The highest BCUT2D eigenvalue weighted by atomic mass is 35.5. The van der Waals surface area contributed by atoms with Crippen LogP contribution in [-0.4, -0.2) is 7.11 Å². The molecule has 3 heteroatoms. The molecule has 2 rings (SSSR count). The van der Waals surface area contributed by atoms with Gasteiger partial charge in [0.1, 0.15) is 5.75 Å². The third-order valence-corrected chi connectivity index (χ3v) is 2.86. The van der Waals surface area contributed by atoms with Crippen LogP contribution in [0.5, 0.6) is 5.75 Å². The van der Waals surface area contributed by atoms with Gasteiger partial charge in [0.05, 0.1) is 7.11 Å². The lowest BCUT2D eigenvalue weighted by atomic mass is 9.99. The molecule has 0 heterocycles. The zero-order valence-corrected chi connectivity index (χ0v) is 11.2. The summed E-state index contributed by atoms with van der Waals surface area (Å²) >= 11 is 0. The third-order valence-electron chi connectivity index (χ3n) is 2.86. The van der Waals surface area contributed by atoms with Crippen LogP contribution in [0.2, 0.25) is 0 Å². The van der Waals surface area contributed by atoms with Gasteiger partial charge in [0.2, 0.25) is 0 Å². The van der Waals surface area contributed by atoms with Gasteiger partial charge in [-0.05, 0) is 23.6 Å². The fourth-order valence-corrected chi connectivity index (χ4v) is 1.93. The second kappa shape index (κ2) is 7.04. The maximum absolute atomic E-state index is 6.20. The summed E-state index contributed by atoms with van der Waals surface area (Å²) < 4.78 is 5.33. The molecule has 0 spiro atoms. The van der Waals surface area contributed by atoms with E-state index in [4.69, 9.17) is 10.5 Å². The van der Waals surface area contributed by atoms with E-state index in [0.29, 0.717) is 0 Å². The number of ether oxygens (including phenoxy) is 1. The van der Waals surface area contributed by atoms with Crippen molar-refractivity contribution in [1.29, 1.82) is 0 Å². The van der Waals surface area contributed by atoms with Crippen LogP contribution in [0.15, 0.2) is 54.6 Å². The maximum atomic E-state index is 6.20. The number of hydrogen-bond acceptors (Lipinski definition) is 2. The van der Waals surface area contributed by atoms with Crippen LogP contribution in [0, 0.1) is 0 Å². The van der Waals surface area contributed by atoms with E-state index >= 15 is 0 Å². The van der Waals surface area contributed by atoms with Gasteiger partial charge >= 0.3 is 0 Å². The molecule has 0 amide bonds. The molecular formula is C15H18ClNO. The van der Waals surface area contributed by atoms with Crippen molar-refractivity contribution in [2.45, 2.75) is 12.5 Å². The van der Waals surface area contributed by atoms with Gasteiger partial charge in [-0.2, -0.15) is 0 Å². The Morgan fingerprint density at radius 1 is 1.00 bits per heavy atom. The van der Waals surface area contributed by atoms with Gasteiger partial charge in [0, 0.05) is 6.04 Å². The highest BCUT2D eigenvalue weighted by Crippen LogP contribution is 2.23. The Balaban J connectivity index is 0.00000162. The third kappa shape index (κ3) is 3.49. The van der Waals surface area contributed by atoms with Gasteiger partial charge in [0.25, 0.3) is 0 Å². The molecular weight excluding hydrogens is 246 g/mol. The van der Waals surface area contributed by atoms with Crippen LogP contribution in [0.3, 0.4) is 0 Å². The number of rotatable bonds is 4. The van der Waals surface area contributed by atoms with Crippen LogP contribution < -0.4 is 10.5 Å². The molecule has 1 unspecified atom stereocenters. The first-order chi connectivity index (χ1) is 8.31. The van der Waals surface area contributed by atoms with E-state index in [0.717, 1.165) is 23.3 Å². The van der Waals surface area contributed by atoms with E-state index in [1.807, 2.05) is 36.4 Å². The Morgan fingerprint density at radius 3 is 2.28 bits per heavy atom. The molecule has 0 aliphatic carbocycles. The first-order valence-corrected chi connectivity index (χ1v) is 5.73. The Morgan fingerprint density at radius 2 is 1.61 bits per heavy atom. The highest BCUT2D eigenvalue weighted by Gasteiger charge is 2.09. The summed E-state index contributed by atoms with van der Waals surface area (Å²) in [5, 5.41) is 0. The van der Waals surface area contributed by atoms with Crippen LogP contribution >= 0.6 is 12.4 Å². The van der Waals surface area contributed by atoms with E-state index in [2.05, 4.69) is 18.2 Å². The number of methoxy groups -OCH3 is 1. The zero-order chi connectivity index (χ0) is 12.1. The summed E-state index contributed by atoms with van der Waals surface area (Å²) in [6, 6.07) is 18.1. The van der Waals surface area contributed by atoms with E-state index < -0.39 is 0 Å². The molecule has 0 aliphatic heterocycles. The first-order valence-electron chi connectivity index (χ1n) is 5.73. The van der Waals surface area contributed by atoms with E-state index in [1.165, 1.54) is 0 Å². The minimum absolute atomic E-state index is 0. The molecule has 0 saturated heterocycles. The van der Waals surface area contributed by atoms with Gasteiger partial charge in [-0.1, -0.05) is 48.5 Å². The molecule has 2 aromatic rings. The maximum Gasteiger partial charge on any atom is 0.122 e. The number of nitrogens with two attached hydrogens (primary N) is 1. The Labute approximate surface area is 114 Å². The summed E-state index contributed by atoms with van der Waals surface area (Å²) in [7, 11) is 1.69. The average molecular weight is 264 g/mol. The van der Waals surface area contributed by atoms with E-state index in [1.54, 1.807) is 7.11 Å². The molecule has 2 N–H and O–H groups in total. The average Bonchev–Trinajstić information content (AvgIpc) is 2.40. The van der Waals surface area contributed by atoms with E-state index in [9.17, 15) is 0 Å². The van der Waals surface area contributed by atoms with Crippen molar-refractivity contribution in [1.82, 2.24) is 0 Å². The summed E-state index contributed by atoms with van der Waals surface area (Å²) in [6.07, 6.45) is 0.786. The summed E-state index contributed by atoms with van der Waals surface area (Å²) in [4.78, 5) is 0. The van der Waals surface area contributed by atoms with Crippen molar-refractivity contribution < 1.29 is 4.74 Å². The Kier molecular flexibility index (Phi) is 5.69. The van der Waals surface area contributed by atoms with Crippen LogP contribution in [0.1, 0.15) is 17.2 Å². The van der Waals surface area contributed by atoms with Crippen molar-refractivity contribution in [2.24, 2.45) is 5.73 Å². The van der Waals surface area contributed by atoms with Crippen molar-refractivity contribution >= 4 is 12.4 Å². The Hall–Kier alpha value is -1.51. The smallest absolute Gasteiger partial charge is 0.122 e. The van der Waals surface area contributed by atoms with Crippen LogP contribution in [0.4, 0.5) is 0 Å². The lowest BCUT2D eigenvalue weighted by Gasteiger charge is -2.14. The highest BCUT2D eigenvalue weighted by molar-refractivity contribution is 5.85. The minimum Gasteiger partial charge on any atom is -0.496 e. The second-order valence-electron chi connectivity index (χ2n) is 4.03. The molecule has 0 saturated carbocycles. The normalized spacial score (nSPS) is 11.4. The first kappa shape index (κ1) is 14.6. The van der Waals surface area contributed by atoms with Crippen molar-refractivity contribution in [3.05, 3.63) is 65.7 Å². The zero-order valence-electron chi connectivity index (χ0n) is 10.4.